The molecule has 0 saturated heterocycles. The van der Waals surface area contributed by atoms with Crippen LogP contribution in [-0.2, 0) is 19.2 Å². The summed E-state index contributed by atoms with van der Waals surface area (Å²) >= 11 is 0. The van der Waals surface area contributed by atoms with Crippen molar-refractivity contribution in [2.24, 2.45) is 10.2 Å². The zero-order valence-corrected chi connectivity index (χ0v) is 22.3. The standard InChI is InChI=1S/C27H20N6O7.2Li/c34-23-11-9-19(13-21(23)25(36)37)32-30-17-5-1-15(2-6-17)28-27(40)29-16-3-7-18(8-4-16)31-33-20-10-12-24(35)22(14-20)26(38)39;;/h1-14,30-31H,(H,36,37)(H,38,39)(H2,28,29,40);;/q;2*+1/p-2. The first-order chi connectivity index (χ1) is 19.2. The quantitative estimate of drug-likeness (QED) is 0.107. The number of nitrogens with zero attached hydrogens (tertiary/aromatic N) is 2. The van der Waals surface area contributed by atoms with E-state index in [-0.39, 0.29) is 49.1 Å². The van der Waals surface area contributed by atoms with Crippen molar-refractivity contribution in [3.05, 3.63) is 96.1 Å². The average molecular weight is 552 g/mol. The SMILES string of the molecule is O=C(Nc1ccc(NN=C2C=CC(=O)C(C(=O)[O-])=C2)cc1)Nc1ccc(NN=C2C=CC(=O)C(C(=O)[O-])=C2)cc1.[Li+].[Li+]. The van der Waals surface area contributed by atoms with Crippen LogP contribution in [0.4, 0.5) is 27.5 Å². The Hall–Kier alpha value is -4.92. The van der Waals surface area contributed by atoms with Crippen molar-refractivity contribution in [3.63, 3.8) is 0 Å². The second-order valence-electron chi connectivity index (χ2n) is 8.12. The van der Waals surface area contributed by atoms with Crippen LogP contribution in [0.15, 0.2) is 106 Å². The molecule has 4 N–H and O–H groups in total. The number of allylic oxidation sites excluding steroid dienone is 6. The molecule has 0 saturated carbocycles. The number of hydrazone groups is 2. The van der Waals surface area contributed by atoms with Gasteiger partial charge >= 0.3 is 43.8 Å². The van der Waals surface area contributed by atoms with Crippen molar-refractivity contribution >= 4 is 63.7 Å². The molecule has 2 amide bonds. The van der Waals surface area contributed by atoms with E-state index in [1.54, 1.807) is 48.5 Å². The van der Waals surface area contributed by atoms with Gasteiger partial charge in [0.05, 0.1) is 34.7 Å². The normalized spacial score (nSPS) is 15.5. The van der Waals surface area contributed by atoms with E-state index in [1.165, 1.54) is 12.2 Å². The molecule has 0 atom stereocenters. The number of urea groups is 1. The van der Waals surface area contributed by atoms with Crippen LogP contribution < -0.4 is 69.4 Å². The predicted octanol–water partition coefficient (Wildman–Crippen LogP) is -5.50. The Labute approximate surface area is 262 Å². The topological polar surface area (TPSA) is 204 Å². The van der Waals surface area contributed by atoms with E-state index < -0.39 is 40.7 Å². The van der Waals surface area contributed by atoms with Crippen LogP contribution in [0.3, 0.4) is 0 Å². The molecule has 13 nitrogen and oxygen atoms in total. The van der Waals surface area contributed by atoms with Crippen LogP contribution >= 0.6 is 0 Å². The Kier molecular flexibility index (Phi) is 12.0. The maximum absolute atomic E-state index is 12.4. The third-order valence-corrected chi connectivity index (χ3v) is 5.28. The number of hydrogen-bond acceptors (Lipinski definition) is 11. The fourth-order valence-electron chi connectivity index (χ4n) is 3.30. The molecule has 0 spiro atoms. The van der Waals surface area contributed by atoms with Crippen LogP contribution in [-0.4, -0.2) is 41.0 Å². The average Bonchev–Trinajstić information content (AvgIpc) is 2.93. The fraction of sp³-hybridized carbons (Fsp3) is 0. The molecule has 0 radical (unpaired) electrons. The molecule has 4 rings (SSSR count). The van der Waals surface area contributed by atoms with Crippen molar-refractivity contribution in [1.29, 1.82) is 0 Å². The Morgan fingerprint density at radius 1 is 0.548 bits per heavy atom. The molecule has 0 aliphatic heterocycles. The van der Waals surface area contributed by atoms with Crippen molar-refractivity contribution in [1.82, 2.24) is 0 Å². The first-order valence-corrected chi connectivity index (χ1v) is 11.4. The first-order valence-electron chi connectivity index (χ1n) is 11.4. The number of rotatable bonds is 8. The van der Waals surface area contributed by atoms with Crippen molar-refractivity contribution in [3.8, 4) is 0 Å². The van der Waals surface area contributed by atoms with E-state index in [0.29, 0.717) is 22.7 Å². The molecule has 2 aliphatic rings. The van der Waals surface area contributed by atoms with Gasteiger partial charge in [0.1, 0.15) is 0 Å². The minimum absolute atomic E-state index is 0. The van der Waals surface area contributed by atoms with E-state index in [2.05, 4.69) is 31.7 Å². The number of ketones is 2. The van der Waals surface area contributed by atoms with Gasteiger partial charge in [0, 0.05) is 22.5 Å². The van der Waals surface area contributed by atoms with Gasteiger partial charge in [0.15, 0.2) is 11.6 Å². The van der Waals surface area contributed by atoms with E-state index in [4.69, 9.17) is 0 Å². The maximum atomic E-state index is 12.4. The minimum atomic E-state index is -1.58. The monoisotopic (exact) mass is 552 g/mol. The Morgan fingerprint density at radius 3 is 1.21 bits per heavy atom. The number of aliphatic carboxylic acids is 2. The molecule has 2 aromatic carbocycles. The largest absolute Gasteiger partial charge is 1.00 e. The summed E-state index contributed by atoms with van der Waals surface area (Å²) in [5.41, 5.74) is 6.96. The van der Waals surface area contributed by atoms with Gasteiger partial charge in [0.25, 0.3) is 0 Å². The van der Waals surface area contributed by atoms with Gasteiger partial charge in [-0.25, -0.2) is 4.79 Å². The molecular weight excluding hydrogens is 534 g/mol. The molecule has 0 fully saturated rings. The van der Waals surface area contributed by atoms with Gasteiger partial charge in [-0.3, -0.25) is 20.4 Å². The predicted molar refractivity (Wildman–Crippen MR) is 142 cm³/mol. The van der Waals surface area contributed by atoms with Crippen LogP contribution in [0.2, 0.25) is 0 Å². The summed E-state index contributed by atoms with van der Waals surface area (Å²) in [5.74, 6) is -4.51. The molecule has 0 aromatic heterocycles. The molecule has 15 heteroatoms. The number of benzene rings is 2. The Morgan fingerprint density at radius 2 is 0.881 bits per heavy atom. The number of carbonyl (C=O) groups excluding carboxylic acids is 5. The Balaban J connectivity index is 0.00000308. The number of anilines is 4. The summed E-state index contributed by atoms with van der Waals surface area (Å²) in [4.78, 5) is 57.3. The van der Waals surface area contributed by atoms with Gasteiger partial charge in [-0.15, -0.1) is 0 Å². The second-order valence-corrected chi connectivity index (χ2v) is 8.12. The number of carbonyl (C=O) groups is 5. The van der Waals surface area contributed by atoms with Gasteiger partial charge in [-0.05, 0) is 85.0 Å². The molecule has 200 valence electrons. The summed E-state index contributed by atoms with van der Waals surface area (Å²) < 4.78 is 0. The maximum Gasteiger partial charge on any atom is 1.00 e. The third-order valence-electron chi connectivity index (χ3n) is 5.28. The zero-order chi connectivity index (χ0) is 28.6. The Bertz CT molecular complexity index is 1470. The third kappa shape index (κ3) is 9.06. The van der Waals surface area contributed by atoms with Gasteiger partial charge in [-0.1, -0.05) is 0 Å². The zero-order valence-electron chi connectivity index (χ0n) is 22.3. The molecule has 2 aliphatic carbocycles. The number of nitrogens with one attached hydrogen (secondary N) is 4. The molecular formula is C27H18Li2N6O7. The minimum Gasteiger partial charge on any atom is -0.545 e. The van der Waals surface area contributed by atoms with E-state index in [0.717, 1.165) is 24.3 Å². The molecule has 0 heterocycles. The fourth-order valence-corrected chi connectivity index (χ4v) is 3.30. The first kappa shape index (κ1) is 33.3. The van der Waals surface area contributed by atoms with E-state index >= 15 is 0 Å². The van der Waals surface area contributed by atoms with Crippen LogP contribution in [0.1, 0.15) is 0 Å². The number of amides is 2. The van der Waals surface area contributed by atoms with Crippen molar-refractivity contribution in [2.75, 3.05) is 21.5 Å². The smallest absolute Gasteiger partial charge is 0.545 e. The van der Waals surface area contributed by atoms with Crippen LogP contribution in [0.5, 0.6) is 0 Å². The number of carboxylic acid groups (broad SMARTS) is 2. The summed E-state index contributed by atoms with van der Waals surface area (Å²) in [7, 11) is 0. The summed E-state index contributed by atoms with van der Waals surface area (Å²) in [6.45, 7) is 0. The van der Waals surface area contributed by atoms with Crippen LogP contribution in [0.25, 0.3) is 0 Å². The second kappa shape index (κ2) is 15.2. The van der Waals surface area contributed by atoms with E-state index in [1.807, 2.05) is 0 Å². The number of hydrogen-bond donors (Lipinski definition) is 4. The number of carboxylic acids is 2. The van der Waals surface area contributed by atoms with E-state index in [9.17, 15) is 34.2 Å². The van der Waals surface area contributed by atoms with Crippen molar-refractivity contribution < 1.29 is 71.9 Å². The summed E-state index contributed by atoms with van der Waals surface area (Å²) in [6.07, 6.45) is 7.10. The van der Waals surface area contributed by atoms with Gasteiger partial charge in [-0.2, -0.15) is 10.2 Å². The molecule has 2 aromatic rings. The summed E-state index contributed by atoms with van der Waals surface area (Å²) in [5, 5.41) is 35.3. The summed E-state index contributed by atoms with van der Waals surface area (Å²) in [6, 6.07) is 12.5. The van der Waals surface area contributed by atoms with Gasteiger partial charge < -0.3 is 30.4 Å². The van der Waals surface area contributed by atoms with Crippen molar-refractivity contribution in [2.45, 2.75) is 0 Å². The van der Waals surface area contributed by atoms with Crippen LogP contribution in [0, 0.1) is 0 Å². The van der Waals surface area contributed by atoms with Gasteiger partial charge in [0.2, 0.25) is 0 Å². The molecule has 0 bridgehead atoms. The molecule has 0 unspecified atom stereocenters. The molecule has 42 heavy (non-hydrogen) atoms.